The normalized spacial score (nSPS) is 31.2. The lowest BCUT2D eigenvalue weighted by Crippen LogP contribution is -2.46. The van der Waals surface area contributed by atoms with Gasteiger partial charge in [0.05, 0.1) is 15.8 Å². The van der Waals surface area contributed by atoms with E-state index in [1.165, 1.54) is 19.3 Å². The number of aromatic nitrogens is 2. The van der Waals surface area contributed by atoms with Crippen molar-refractivity contribution < 1.29 is 24.0 Å². The Hall–Kier alpha value is -2.94. The fourth-order valence-electron chi connectivity index (χ4n) is 8.26. The first kappa shape index (κ1) is 24.8. The van der Waals surface area contributed by atoms with Crippen molar-refractivity contribution in [3.8, 4) is 0 Å². The highest BCUT2D eigenvalue weighted by Gasteiger charge is 2.49. The van der Waals surface area contributed by atoms with Crippen LogP contribution < -0.4 is 4.90 Å². The second-order valence-electron chi connectivity index (χ2n) is 13.0. The monoisotopic (exact) mass is 561 g/mol. The van der Waals surface area contributed by atoms with Crippen LogP contribution in [-0.2, 0) is 10.2 Å². The average molecular weight is 562 g/mol. The van der Waals surface area contributed by atoms with Crippen molar-refractivity contribution in [2.24, 2.45) is 5.92 Å². The number of anilines is 1. The molecule has 2 aliphatic heterocycles. The van der Waals surface area contributed by atoms with Crippen LogP contribution in [0.5, 0.6) is 0 Å². The molecule has 4 aliphatic carbocycles. The van der Waals surface area contributed by atoms with Crippen molar-refractivity contribution in [2.45, 2.75) is 113 Å². The van der Waals surface area contributed by atoms with Gasteiger partial charge in [0.25, 0.3) is 0 Å². The summed E-state index contributed by atoms with van der Waals surface area (Å²) in [4.78, 5) is 32.8. The summed E-state index contributed by atoms with van der Waals surface area (Å²) in [5, 5.41) is 15.0. The van der Waals surface area contributed by atoms with E-state index in [4.69, 9.17) is 14.2 Å². The first-order valence-corrected chi connectivity index (χ1v) is 15.8. The fourth-order valence-corrected chi connectivity index (χ4v) is 9.48. The number of carbonyl (C=O) groups excluding carboxylic acids is 1. The molecule has 9 heteroatoms. The molecule has 9 rings (SSSR count). The lowest BCUT2D eigenvalue weighted by atomic mass is 9.59. The Bertz CT molecular complexity index is 1490. The number of thiazole rings is 1. The highest BCUT2D eigenvalue weighted by molar-refractivity contribution is 7.22. The van der Waals surface area contributed by atoms with E-state index in [9.17, 15) is 14.7 Å². The number of hydrogen-bond donors (Lipinski definition) is 1. The molecule has 3 aromatic rings. The summed E-state index contributed by atoms with van der Waals surface area (Å²) in [6.45, 7) is 1.92. The van der Waals surface area contributed by atoms with E-state index < -0.39 is 5.97 Å². The number of carboxylic acid groups (broad SMARTS) is 1. The van der Waals surface area contributed by atoms with Gasteiger partial charge in [-0.3, -0.25) is 0 Å². The van der Waals surface area contributed by atoms with Crippen LogP contribution in [0.25, 0.3) is 10.2 Å². The van der Waals surface area contributed by atoms with Gasteiger partial charge in [-0.25, -0.2) is 14.6 Å². The summed E-state index contributed by atoms with van der Waals surface area (Å²) >= 11 is 1.57. The molecule has 0 amide bonds. The Labute approximate surface area is 237 Å². The number of esters is 1. The second-order valence-corrected chi connectivity index (χ2v) is 14.0. The smallest absolute Gasteiger partial charge is 0.344 e. The number of aromatic carboxylic acids is 1. The molecular weight excluding hydrogens is 526 g/mol. The molecule has 4 saturated carbocycles. The van der Waals surface area contributed by atoms with Gasteiger partial charge in [-0.05, 0) is 94.7 Å². The van der Waals surface area contributed by atoms with E-state index in [0.29, 0.717) is 17.0 Å². The Balaban J connectivity index is 1.03. The van der Waals surface area contributed by atoms with Gasteiger partial charge in [0.1, 0.15) is 17.4 Å². The SMILES string of the molecule is Cc1cc(C(=O)O)cc2sc(N3[C@@H]4CC[C@H]3CC(OC(=O)c3c(C56CCC(CC5)CC6)noc3C3CC3)C4)nc12. The molecule has 40 heavy (non-hydrogen) atoms. The summed E-state index contributed by atoms with van der Waals surface area (Å²) in [5.74, 6) is 0.774. The molecule has 2 saturated heterocycles. The second kappa shape index (κ2) is 9.03. The third kappa shape index (κ3) is 3.90. The topological polar surface area (TPSA) is 106 Å². The van der Waals surface area contributed by atoms with Gasteiger partial charge >= 0.3 is 11.9 Å². The molecular formula is C31H35N3O5S. The molecule has 3 atom stereocenters. The van der Waals surface area contributed by atoms with Gasteiger partial charge < -0.3 is 19.3 Å². The highest BCUT2D eigenvalue weighted by atomic mass is 32.1. The quantitative estimate of drug-likeness (QED) is 0.330. The summed E-state index contributed by atoms with van der Waals surface area (Å²) in [6, 6.07) is 3.94. The van der Waals surface area contributed by atoms with Gasteiger partial charge in [0.2, 0.25) is 0 Å². The summed E-state index contributed by atoms with van der Waals surface area (Å²) in [5.41, 5.74) is 3.59. The molecule has 210 valence electrons. The number of carbonyl (C=O) groups is 2. The molecule has 8 nitrogen and oxygen atoms in total. The molecule has 0 radical (unpaired) electrons. The first-order chi connectivity index (χ1) is 19.4. The molecule has 4 heterocycles. The van der Waals surface area contributed by atoms with Crippen molar-refractivity contribution in [1.82, 2.24) is 10.1 Å². The molecule has 1 N–H and O–H groups in total. The van der Waals surface area contributed by atoms with Gasteiger partial charge in [0.15, 0.2) is 10.9 Å². The number of aryl methyl sites for hydroxylation is 1. The van der Waals surface area contributed by atoms with Crippen LogP contribution in [0, 0.1) is 12.8 Å². The molecule has 0 spiro atoms. The van der Waals surface area contributed by atoms with E-state index in [1.54, 1.807) is 23.5 Å². The van der Waals surface area contributed by atoms with E-state index >= 15 is 0 Å². The molecule has 4 bridgehead atoms. The maximum absolute atomic E-state index is 13.9. The van der Waals surface area contributed by atoms with Crippen LogP contribution in [0.2, 0.25) is 0 Å². The van der Waals surface area contributed by atoms with Crippen molar-refractivity contribution in [3.05, 3.63) is 40.3 Å². The van der Waals surface area contributed by atoms with Crippen LogP contribution in [-0.4, -0.2) is 45.4 Å². The van der Waals surface area contributed by atoms with E-state index in [2.05, 4.69) is 10.1 Å². The summed E-state index contributed by atoms with van der Waals surface area (Å²) in [6.07, 6.45) is 12.6. The van der Waals surface area contributed by atoms with Crippen molar-refractivity contribution in [2.75, 3.05) is 4.90 Å². The fraction of sp³-hybridized carbons (Fsp3) is 0.613. The van der Waals surface area contributed by atoms with E-state index in [-0.39, 0.29) is 29.6 Å². The van der Waals surface area contributed by atoms with Crippen molar-refractivity contribution in [1.29, 1.82) is 0 Å². The zero-order valence-electron chi connectivity index (χ0n) is 22.9. The zero-order valence-corrected chi connectivity index (χ0v) is 23.7. The third-order valence-corrected chi connectivity index (χ3v) is 11.6. The lowest BCUT2D eigenvalue weighted by molar-refractivity contribution is 0.0195. The minimum Gasteiger partial charge on any atom is -0.478 e. The van der Waals surface area contributed by atoms with Crippen LogP contribution in [0.15, 0.2) is 16.7 Å². The maximum Gasteiger partial charge on any atom is 0.344 e. The molecule has 1 unspecified atom stereocenters. The molecule has 6 fully saturated rings. The zero-order chi connectivity index (χ0) is 27.2. The third-order valence-electron chi connectivity index (χ3n) is 10.6. The number of carboxylic acids is 1. The maximum atomic E-state index is 13.9. The number of fused-ring (bicyclic) bond motifs is 6. The van der Waals surface area contributed by atoms with E-state index in [1.807, 2.05) is 6.92 Å². The van der Waals surface area contributed by atoms with Gasteiger partial charge in [-0.2, -0.15) is 0 Å². The average Bonchev–Trinajstić information content (AvgIpc) is 3.43. The first-order valence-electron chi connectivity index (χ1n) is 15.0. The van der Waals surface area contributed by atoms with E-state index in [0.717, 1.165) is 96.1 Å². The standard InChI is InChI=1S/C31H35N3O5S/c1-16-12-19(28(35)36)13-23-25(16)32-30(40-23)34-20-4-5-21(34)15-22(14-20)38-29(37)24-26(18-2-3-18)39-33-27(24)31-9-6-17(7-10-31)8-11-31/h12-13,17-18,20-22H,2-11,14-15H2,1H3,(H,35,36)/t17?,20-,21+,22?,31?. The van der Waals surface area contributed by atoms with Gasteiger partial charge in [-0.15, -0.1) is 0 Å². The number of nitrogens with zero attached hydrogens (tertiary/aromatic N) is 3. The number of rotatable bonds is 6. The molecule has 1 aromatic carbocycles. The molecule has 6 aliphatic rings. The van der Waals surface area contributed by atoms with Crippen LogP contribution >= 0.6 is 11.3 Å². The van der Waals surface area contributed by atoms with Crippen LogP contribution in [0.4, 0.5) is 5.13 Å². The summed E-state index contributed by atoms with van der Waals surface area (Å²) in [7, 11) is 0. The predicted octanol–water partition coefficient (Wildman–Crippen LogP) is 6.75. The minimum atomic E-state index is -0.917. The van der Waals surface area contributed by atoms with Crippen molar-refractivity contribution in [3.63, 3.8) is 0 Å². The minimum absolute atomic E-state index is 0.0202. The van der Waals surface area contributed by atoms with Crippen molar-refractivity contribution >= 4 is 38.6 Å². The highest BCUT2D eigenvalue weighted by Crippen LogP contribution is 2.54. The molecule has 2 aromatic heterocycles. The Morgan fingerprint density at radius 3 is 2.40 bits per heavy atom. The number of piperidine rings is 1. The van der Waals surface area contributed by atoms with Gasteiger partial charge in [0, 0.05) is 36.3 Å². The number of benzene rings is 1. The number of hydrogen-bond acceptors (Lipinski definition) is 8. The Morgan fingerprint density at radius 1 is 1.05 bits per heavy atom. The Morgan fingerprint density at radius 2 is 1.75 bits per heavy atom. The summed E-state index contributed by atoms with van der Waals surface area (Å²) < 4.78 is 13.1. The Kier molecular flexibility index (Phi) is 5.60. The number of ether oxygens (including phenoxy) is 1. The van der Waals surface area contributed by atoms with Gasteiger partial charge in [-0.1, -0.05) is 16.5 Å². The lowest BCUT2D eigenvalue weighted by Gasteiger charge is -2.45. The van der Waals surface area contributed by atoms with Crippen LogP contribution in [0.3, 0.4) is 0 Å². The predicted molar refractivity (Wildman–Crippen MR) is 150 cm³/mol. The van der Waals surface area contributed by atoms with Crippen LogP contribution in [0.1, 0.15) is 121 Å². The largest absolute Gasteiger partial charge is 0.478 e.